The van der Waals surface area contributed by atoms with Gasteiger partial charge in [-0.15, -0.1) is 0 Å². The minimum absolute atomic E-state index is 0.394. The molecule has 0 aliphatic heterocycles. The van der Waals surface area contributed by atoms with Gasteiger partial charge in [-0.25, -0.2) is 9.97 Å². The molecule has 0 spiro atoms. The molecule has 3 rings (SSSR count). The number of hydrogen-bond acceptors (Lipinski definition) is 6. The number of nitro benzene ring substituents is 1. The number of rotatable bonds is 5. The first kappa shape index (κ1) is 20.5. The van der Waals surface area contributed by atoms with Crippen LogP contribution in [0.15, 0.2) is 53.8 Å². The molecule has 1 atom stereocenters. The number of thioether (sulfide) groups is 1. The van der Waals surface area contributed by atoms with Crippen LogP contribution in [-0.2, 0) is 11.0 Å². The third kappa shape index (κ3) is 4.62. The monoisotopic (exact) mass is 422 g/mol. The van der Waals surface area contributed by atoms with Crippen LogP contribution in [0.1, 0.15) is 12.5 Å². The number of aromatic nitrogens is 2. The zero-order valence-electron chi connectivity index (χ0n) is 14.8. The Morgan fingerprint density at radius 1 is 1.21 bits per heavy atom. The van der Waals surface area contributed by atoms with E-state index in [2.05, 4.69) is 15.3 Å². The second-order valence-corrected chi connectivity index (χ2v) is 7.26. The van der Waals surface area contributed by atoms with Crippen molar-refractivity contribution in [3.8, 4) is 0 Å². The normalized spacial score (nSPS) is 12.6. The molecule has 1 N–H and O–H groups in total. The van der Waals surface area contributed by atoms with Gasteiger partial charge in [0.1, 0.15) is 11.4 Å². The zero-order valence-corrected chi connectivity index (χ0v) is 15.6. The minimum atomic E-state index is -4.87. The summed E-state index contributed by atoms with van der Waals surface area (Å²) in [5, 5.41) is 13.4. The standard InChI is InChI=1S/C18H13F3N4O3S/c1-10(29-17-12-4-2-3-5-14(12)22-9-23-17)16(26)24-15-7-6-11(25(27)28)8-13(15)18(19,20)21/h2-10H,1H3,(H,24,26)/t10-/m1/s1. The van der Waals surface area contributed by atoms with Gasteiger partial charge in [0.25, 0.3) is 5.69 Å². The molecule has 11 heteroatoms. The van der Waals surface area contributed by atoms with Gasteiger partial charge in [-0.05, 0) is 19.1 Å². The molecule has 0 aliphatic carbocycles. The minimum Gasteiger partial charge on any atom is -0.325 e. The highest BCUT2D eigenvalue weighted by atomic mass is 32.2. The predicted octanol–water partition coefficient (Wildman–Crippen LogP) is 4.68. The number of halogens is 3. The topological polar surface area (TPSA) is 98.0 Å². The Bertz CT molecular complexity index is 1090. The molecular weight excluding hydrogens is 409 g/mol. The third-order valence-corrected chi connectivity index (χ3v) is 5.06. The highest BCUT2D eigenvalue weighted by Gasteiger charge is 2.36. The summed E-state index contributed by atoms with van der Waals surface area (Å²) >= 11 is 1.07. The van der Waals surface area contributed by atoms with Gasteiger partial charge in [-0.1, -0.05) is 30.0 Å². The number of nitrogens with one attached hydrogen (secondary N) is 1. The van der Waals surface area contributed by atoms with Crippen molar-refractivity contribution in [3.05, 3.63) is 64.5 Å². The number of carbonyl (C=O) groups is 1. The molecule has 0 bridgehead atoms. The molecule has 1 aromatic heterocycles. The number of fused-ring (bicyclic) bond motifs is 1. The Morgan fingerprint density at radius 2 is 1.93 bits per heavy atom. The summed E-state index contributed by atoms with van der Waals surface area (Å²) in [6.45, 7) is 1.52. The van der Waals surface area contributed by atoms with Crippen molar-refractivity contribution in [3.63, 3.8) is 0 Å². The maximum Gasteiger partial charge on any atom is 0.418 e. The van der Waals surface area contributed by atoms with Crippen LogP contribution in [0.5, 0.6) is 0 Å². The summed E-state index contributed by atoms with van der Waals surface area (Å²) in [6.07, 6.45) is -3.53. The first-order valence-electron chi connectivity index (χ1n) is 8.19. The van der Waals surface area contributed by atoms with Crippen LogP contribution >= 0.6 is 11.8 Å². The fraction of sp³-hybridized carbons (Fsp3) is 0.167. The van der Waals surface area contributed by atoms with Crippen molar-refractivity contribution in [1.82, 2.24) is 9.97 Å². The van der Waals surface area contributed by atoms with Crippen LogP contribution in [0.2, 0.25) is 0 Å². The molecule has 3 aromatic rings. The van der Waals surface area contributed by atoms with Crippen molar-refractivity contribution in [2.24, 2.45) is 0 Å². The summed E-state index contributed by atoms with van der Waals surface area (Å²) in [6, 6.07) is 9.31. The van der Waals surface area contributed by atoms with E-state index in [4.69, 9.17) is 0 Å². The van der Waals surface area contributed by atoms with Crippen LogP contribution in [0, 0.1) is 10.1 Å². The second-order valence-electron chi connectivity index (χ2n) is 5.93. The average Bonchev–Trinajstić information content (AvgIpc) is 2.67. The molecule has 7 nitrogen and oxygen atoms in total. The van der Waals surface area contributed by atoms with E-state index >= 15 is 0 Å². The Kier molecular flexibility index (Phi) is 5.69. The second kappa shape index (κ2) is 8.03. The number of hydrogen-bond donors (Lipinski definition) is 1. The summed E-state index contributed by atoms with van der Waals surface area (Å²) in [7, 11) is 0. The molecular formula is C18H13F3N4O3S. The van der Waals surface area contributed by atoms with Gasteiger partial charge >= 0.3 is 6.18 Å². The summed E-state index contributed by atoms with van der Waals surface area (Å²) in [5.74, 6) is -0.697. The first-order chi connectivity index (χ1) is 13.7. The van der Waals surface area contributed by atoms with E-state index in [9.17, 15) is 28.1 Å². The molecule has 0 aliphatic rings. The van der Waals surface area contributed by atoms with E-state index in [0.29, 0.717) is 22.0 Å². The first-order valence-corrected chi connectivity index (χ1v) is 9.07. The molecule has 0 saturated carbocycles. The molecule has 0 radical (unpaired) electrons. The lowest BCUT2D eigenvalue weighted by atomic mass is 10.1. The summed E-state index contributed by atoms with van der Waals surface area (Å²) in [4.78, 5) is 30.6. The number of anilines is 1. The number of non-ortho nitro benzene ring substituents is 1. The summed E-state index contributed by atoms with van der Waals surface area (Å²) in [5.41, 5.74) is -1.88. The number of alkyl halides is 3. The maximum atomic E-state index is 13.3. The van der Waals surface area contributed by atoms with Gasteiger partial charge in [-0.2, -0.15) is 13.2 Å². The van der Waals surface area contributed by atoms with Crippen LogP contribution in [0.4, 0.5) is 24.5 Å². The molecule has 29 heavy (non-hydrogen) atoms. The molecule has 1 amide bonds. The van der Waals surface area contributed by atoms with Gasteiger partial charge in [0.15, 0.2) is 0 Å². The fourth-order valence-corrected chi connectivity index (χ4v) is 3.43. The van der Waals surface area contributed by atoms with E-state index < -0.39 is 39.2 Å². The highest BCUT2D eigenvalue weighted by molar-refractivity contribution is 8.00. The zero-order chi connectivity index (χ0) is 21.2. The maximum absolute atomic E-state index is 13.3. The number of carbonyl (C=O) groups excluding carboxylic acids is 1. The van der Waals surface area contributed by atoms with E-state index in [0.717, 1.165) is 23.9 Å². The lowest BCUT2D eigenvalue weighted by Gasteiger charge is -2.16. The number of nitrogens with zero attached hydrogens (tertiary/aromatic N) is 3. The molecule has 0 saturated heterocycles. The van der Waals surface area contributed by atoms with Crippen molar-refractivity contribution in [2.45, 2.75) is 23.4 Å². The van der Waals surface area contributed by atoms with Crippen molar-refractivity contribution in [1.29, 1.82) is 0 Å². The van der Waals surface area contributed by atoms with Gasteiger partial charge in [0.2, 0.25) is 5.91 Å². The SMILES string of the molecule is C[C@@H](Sc1ncnc2ccccc12)C(=O)Nc1ccc([N+](=O)[O-])cc1C(F)(F)F. The van der Waals surface area contributed by atoms with Gasteiger partial charge < -0.3 is 5.32 Å². The molecule has 2 aromatic carbocycles. The van der Waals surface area contributed by atoms with Gasteiger partial charge in [0, 0.05) is 17.5 Å². The number of nitro groups is 1. The summed E-state index contributed by atoms with van der Waals surface area (Å²) < 4.78 is 39.8. The van der Waals surface area contributed by atoms with E-state index in [1.807, 2.05) is 0 Å². The average molecular weight is 422 g/mol. The smallest absolute Gasteiger partial charge is 0.325 e. The van der Waals surface area contributed by atoms with Crippen LogP contribution < -0.4 is 5.32 Å². The Labute approximate surface area is 166 Å². The van der Waals surface area contributed by atoms with E-state index in [-0.39, 0.29) is 0 Å². The largest absolute Gasteiger partial charge is 0.418 e. The van der Waals surface area contributed by atoms with Crippen LogP contribution in [-0.4, -0.2) is 26.0 Å². The Hall–Kier alpha value is -3.21. The third-order valence-electron chi connectivity index (χ3n) is 3.94. The van der Waals surface area contributed by atoms with Crippen molar-refractivity contribution >= 4 is 39.9 Å². The predicted molar refractivity (Wildman–Crippen MR) is 102 cm³/mol. The van der Waals surface area contributed by atoms with Crippen molar-refractivity contribution < 1.29 is 22.9 Å². The number of para-hydroxylation sites is 1. The van der Waals surface area contributed by atoms with Gasteiger partial charge in [0.05, 0.1) is 26.9 Å². The Balaban J connectivity index is 1.83. The number of benzene rings is 2. The quantitative estimate of drug-likeness (QED) is 0.278. The van der Waals surface area contributed by atoms with Crippen molar-refractivity contribution in [2.75, 3.05) is 5.32 Å². The lowest BCUT2D eigenvalue weighted by Crippen LogP contribution is -2.24. The van der Waals surface area contributed by atoms with Crippen LogP contribution in [0.25, 0.3) is 10.9 Å². The number of amides is 1. The van der Waals surface area contributed by atoms with E-state index in [1.165, 1.54) is 13.3 Å². The van der Waals surface area contributed by atoms with Crippen LogP contribution in [0.3, 0.4) is 0 Å². The van der Waals surface area contributed by atoms with Gasteiger partial charge in [-0.3, -0.25) is 14.9 Å². The van der Waals surface area contributed by atoms with E-state index in [1.54, 1.807) is 24.3 Å². The lowest BCUT2D eigenvalue weighted by molar-refractivity contribution is -0.385. The molecule has 0 fully saturated rings. The Morgan fingerprint density at radius 3 is 2.62 bits per heavy atom. The molecule has 150 valence electrons. The fourth-order valence-electron chi connectivity index (χ4n) is 2.52. The molecule has 0 unspecified atom stereocenters. The highest BCUT2D eigenvalue weighted by Crippen LogP contribution is 2.37. The molecule has 1 heterocycles.